The first-order valence-electron chi connectivity index (χ1n) is 2.83. The normalized spacial score (nSPS) is 13.6. The zero-order valence-electron chi connectivity index (χ0n) is 5.29. The maximum absolute atomic E-state index is 5.17. The Hall–Kier alpha value is -0.800. The van der Waals surface area contributed by atoms with Crippen molar-refractivity contribution in [2.45, 2.75) is 13.0 Å². The number of rotatable bonds is 2. The highest BCUT2D eigenvalue weighted by molar-refractivity contribution is 5.09. The van der Waals surface area contributed by atoms with E-state index in [1.807, 2.05) is 13.0 Å². The van der Waals surface area contributed by atoms with Gasteiger partial charge in [0.15, 0.2) is 0 Å². The average Bonchev–Trinajstić information content (AvgIpc) is 2.37. The molecule has 3 nitrogen and oxygen atoms in total. The van der Waals surface area contributed by atoms with Gasteiger partial charge in [-0.25, -0.2) is 0 Å². The van der Waals surface area contributed by atoms with E-state index in [-0.39, 0.29) is 6.04 Å². The Kier molecular flexibility index (Phi) is 1.87. The van der Waals surface area contributed by atoms with Gasteiger partial charge in [0.2, 0.25) is 0 Å². The van der Waals surface area contributed by atoms with Crippen LogP contribution in [0.5, 0.6) is 0 Å². The van der Waals surface area contributed by atoms with Gasteiger partial charge in [-0.15, -0.1) is 0 Å². The first-order valence-corrected chi connectivity index (χ1v) is 2.83. The van der Waals surface area contributed by atoms with Crippen molar-refractivity contribution in [3.05, 3.63) is 24.2 Å². The molecule has 0 fully saturated rings. The zero-order chi connectivity index (χ0) is 6.69. The second-order valence-electron chi connectivity index (χ2n) is 1.95. The van der Waals surface area contributed by atoms with Gasteiger partial charge in [-0.3, -0.25) is 11.3 Å². The summed E-state index contributed by atoms with van der Waals surface area (Å²) in [6.45, 7) is 1.96. The van der Waals surface area contributed by atoms with Crippen LogP contribution in [0.3, 0.4) is 0 Å². The fourth-order valence-electron chi connectivity index (χ4n) is 0.618. The topological polar surface area (TPSA) is 51.2 Å². The number of nitrogens with two attached hydrogens (primary N) is 1. The van der Waals surface area contributed by atoms with Gasteiger partial charge in [0, 0.05) is 11.6 Å². The van der Waals surface area contributed by atoms with E-state index in [2.05, 4.69) is 5.43 Å². The number of hydrazine groups is 1. The predicted molar refractivity (Wildman–Crippen MR) is 34.4 cm³/mol. The molecule has 1 aromatic rings. The van der Waals surface area contributed by atoms with Crippen molar-refractivity contribution >= 4 is 0 Å². The van der Waals surface area contributed by atoms with Crippen molar-refractivity contribution in [1.82, 2.24) is 5.43 Å². The van der Waals surface area contributed by atoms with Crippen molar-refractivity contribution in [3.8, 4) is 0 Å². The summed E-state index contributed by atoms with van der Waals surface area (Å²) in [6.07, 6.45) is 3.30. The third-order valence-electron chi connectivity index (χ3n) is 1.29. The smallest absolute Gasteiger partial charge is 0.0950 e. The van der Waals surface area contributed by atoms with Crippen LogP contribution in [0.2, 0.25) is 0 Å². The minimum Gasteiger partial charge on any atom is -0.472 e. The Morgan fingerprint density at radius 2 is 2.56 bits per heavy atom. The molecule has 0 spiro atoms. The van der Waals surface area contributed by atoms with Crippen LogP contribution in [0.4, 0.5) is 0 Å². The molecule has 1 rings (SSSR count). The molecule has 0 aliphatic carbocycles. The van der Waals surface area contributed by atoms with Crippen LogP contribution in [-0.2, 0) is 0 Å². The molecular weight excluding hydrogens is 116 g/mol. The molecule has 0 aliphatic heterocycles. The molecule has 0 saturated carbocycles. The Labute approximate surface area is 53.8 Å². The van der Waals surface area contributed by atoms with Gasteiger partial charge < -0.3 is 4.42 Å². The first-order chi connectivity index (χ1) is 4.34. The summed E-state index contributed by atoms with van der Waals surface area (Å²) in [7, 11) is 0. The lowest BCUT2D eigenvalue weighted by atomic mass is 10.2. The van der Waals surface area contributed by atoms with Crippen molar-refractivity contribution in [2.75, 3.05) is 0 Å². The predicted octanol–water partition coefficient (Wildman–Crippen LogP) is 0.804. The third kappa shape index (κ3) is 1.31. The summed E-state index contributed by atoms with van der Waals surface area (Å²) in [5.41, 5.74) is 3.67. The number of hydrogen-bond donors (Lipinski definition) is 2. The quantitative estimate of drug-likeness (QED) is 0.455. The monoisotopic (exact) mass is 126 g/mol. The van der Waals surface area contributed by atoms with Crippen molar-refractivity contribution < 1.29 is 4.42 Å². The fourth-order valence-corrected chi connectivity index (χ4v) is 0.618. The lowest BCUT2D eigenvalue weighted by Gasteiger charge is -2.04. The summed E-state index contributed by atoms with van der Waals surface area (Å²) in [5, 5.41) is 0. The molecule has 9 heavy (non-hydrogen) atoms. The van der Waals surface area contributed by atoms with E-state index in [9.17, 15) is 0 Å². The van der Waals surface area contributed by atoms with Crippen molar-refractivity contribution in [1.29, 1.82) is 0 Å². The average molecular weight is 126 g/mol. The molecular formula is C6H10N2O. The second kappa shape index (κ2) is 2.66. The lowest BCUT2D eigenvalue weighted by Crippen LogP contribution is -2.25. The van der Waals surface area contributed by atoms with Crippen LogP contribution in [0.15, 0.2) is 23.0 Å². The van der Waals surface area contributed by atoms with Gasteiger partial charge >= 0.3 is 0 Å². The largest absolute Gasteiger partial charge is 0.472 e. The number of hydrogen-bond acceptors (Lipinski definition) is 3. The highest BCUT2D eigenvalue weighted by Crippen LogP contribution is 2.09. The van der Waals surface area contributed by atoms with Crippen LogP contribution in [0.1, 0.15) is 18.5 Å². The molecule has 0 amide bonds. The second-order valence-corrected chi connectivity index (χ2v) is 1.95. The molecule has 0 aliphatic rings. The van der Waals surface area contributed by atoms with Crippen LogP contribution in [-0.4, -0.2) is 0 Å². The first kappa shape index (κ1) is 6.32. The van der Waals surface area contributed by atoms with Crippen molar-refractivity contribution in [2.24, 2.45) is 5.84 Å². The van der Waals surface area contributed by atoms with Gasteiger partial charge in [0.25, 0.3) is 0 Å². The molecule has 0 radical (unpaired) electrons. The molecule has 0 bridgehead atoms. The molecule has 0 aromatic carbocycles. The van der Waals surface area contributed by atoms with E-state index in [1.54, 1.807) is 12.5 Å². The van der Waals surface area contributed by atoms with Gasteiger partial charge in [0.1, 0.15) is 0 Å². The standard InChI is InChI=1S/C6H10N2O/c1-5(8-7)6-2-3-9-4-6/h2-5,8H,7H2,1H3. The SMILES string of the molecule is CC(NN)c1ccoc1. The molecule has 1 aromatic heterocycles. The summed E-state index contributed by atoms with van der Waals surface area (Å²) >= 11 is 0. The van der Waals surface area contributed by atoms with Gasteiger partial charge in [0.05, 0.1) is 12.5 Å². The summed E-state index contributed by atoms with van der Waals surface area (Å²) in [5.74, 6) is 5.17. The van der Waals surface area contributed by atoms with Crippen molar-refractivity contribution in [3.63, 3.8) is 0 Å². The number of furan rings is 1. The highest BCUT2D eigenvalue weighted by atomic mass is 16.3. The van der Waals surface area contributed by atoms with Gasteiger partial charge in [-0.2, -0.15) is 0 Å². The molecule has 50 valence electrons. The van der Waals surface area contributed by atoms with E-state index in [1.165, 1.54) is 0 Å². The maximum Gasteiger partial charge on any atom is 0.0950 e. The minimum atomic E-state index is 0.170. The Balaban J connectivity index is 2.65. The fraction of sp³-hybridized carbons (Fsp3) is 0.333. The molecule has 1 heterocycles. The van der Waals surface area contributed by atoms with E-state index in [4.69, 9.17) is 10.3 Å². The van der Waals surface area contributed by atoms with Crippen LogP contribution in [0, 0.1) is 0 Å². The van der Waals surface area contributed by atoms with Gasteiger partial charge in [-0.05, 0) is 13.0 Å². The van der Waals surface area contributed by atoms with E-state index in [0.29, 0.717) is 0 Å². The maximum atomic E-state index is 5.17. The van der Waals surface area contributed by atoms with Crippen LogP contribution >= 0.6 is 0 Å². The molecule has 1 atom stereocenters. The Morgan fingerprint density at radius 3 is 3.00 bits per heavy atom. The molecule has 3 N–H and O–H groups in total. The molecule has 0 saturated heterocycles. The molecule has 3 heteroatoms. The van der Waals surface area contributed by atoms with Crippen LogP contribution in [0.25, 0.3) is 0 Å². The van der Waals surface area contributed by atoms with E-state index >= 15 is 0 Å². The van der Waals surface area contributed by atoms with Crippen LogP contribution < -0.4 is 11.3 Å². The zero-order valence-corrected chi connectivity index (χ0v) is 5.29. The Morgan fingerprint density at radius 1 is 1.78 bits per heavy atom. The summed E-state index contributed by atoms with van der Waals surface area (Å²) < 4.78 is 4.84. The lowest BCUT2D eigenvalue weighted by molar-refractivity contribution is 0.546. The highest BCUT2D eigenvalue weighted by Gasteiger charge is 2.01. The third-order valence-corrected chi connectivity index (χ3v) is 1.29. The van der Waals surface area contributed by atoms with E-state index in [0.717, 1.165) is 5.56 Å². The minimum absolute atomic E-state index is 0.170. The Bertz CT molecular complexity index is 160. The molecule has 1 unspecified atom stereocenters. The number of nitrogens with one attached hydrogen (secondary N) is 1. The van der Waals surface area contributed by atoms with Gasteiger partial charge in [-0.1, -0.05) is 0 Å². The summed E-state index contributed by atoms with van der Waals surface area (Å²) in [4.78, 5) is 0. The van der Waals surface area contributed by atoms with E-state index < -0.39 is 0 Å². The summed E-state index contributed by atoms with van der Waals surface area (Å²) in [6, 6.07) is 2.05.